The highest BCUT2D eigenvalue weighted by atomic mass is 35.5. The number of rotatable bonds is 6. The Kier molecular flexibility index (Phi) is 6.64. The molecule has 3 aromatic rings. The third kappa shape index (κ3) is 6.00. The second-order valence-electron chi connectivity index (χ2n) is 7.50. The molecule has 0 atom stereocenters. The van der Waals surface area contributed by atoms with Crippen LogP contribution >= 0.6 is 11.6 Å². The Morgan fingerprint density at radius 1 is 0.969 bits per heavy atom. The van der Waals surface area contributed by atoms with E-state index >= 15 is 0 Å². The number of nitrogens with zero attached hydrogens (tertiary/aromatic N) is 3. The van der Waals surface area contributed by atoms with Crippen LogP contribution in [0.1, 0.15) is 32.1 Å². The maximum absolute atomic E-state index is 12.5. The van der Waals surface area contributed by atoms with Crippen molar-refractivity contribution in [2.45, 2.75) is 44.5 Å². The van der Waals surface area contributed by atoms with Crippen molar-refractivity contribution < 1.29 is 17.9 Å². The summed E-state index contributed by atoms with van der Waals surface area (Å²) in [5.74, 6) is 0.493. The molecule has 10 heteroatoms. The summed E-state index contributed by atoms with van der Waals surface area (Å²) in [7, 11) is 0. The Bertz CT molecular complexity index is 1060. The quantitative estimate of drug-likeness (QED) is 0.430. The number of hydrogen-bond donors (Lipinski definition) is 2. The third-order valence-electron chi connectivity index (χ3n) is 5.07. The van der Waals surface area contributed by atoms with Crippen LogP contribution in [0.25, 0.3) is 11.3 Å². The van der Waals surface area contributed by atoms with Gasteiger partial charge in [0.2, 0.25) is 5.95 Å². The maximum Gasteiger partial charge on any atom is 0.573 e. The van der Waals surface area contributed by atoms with Crippen LogP contribution in [0.5, 0.6) is 5.75 Å². The van der Waals surface area contributed by atoms with Crippen molar-refractivity contribution in [3.05, 3.63) is 53.8 Å². The smallest absolute Gasteiger partial charge is 0.404 e. The lowest BCUT2D eigenvalue weighted by Gasteiger charge is -2.23. The van der Waals surface area contributed by atoms with Gasteiger partial charge in [-0.2, -0.15) is 4.98 Å². The Labute approximate surface area is 188 Å². The normalized spacial score (nSPS) is 14.8. The summed E-state index contributed by atoms with van der Waals surface area (Å²) < 4.78 is 41.4. The van der Waals surface area contributed by atoms with Crippen LogP contribution < -0.4 is 15.4 Å². The highest BCUT2D eigenvalue weighted by Gasteiger charge is 2.32. The Hall–Kier alpha value is -3.07. The minimum absolute atomic E-state index is 0.170. The first-order chi connectivity index (χ1) is 15.4. The number of benzene rings is 1. The van der Waals surface area contributed by atoms with Gasteiger partial charge < -0.3 is 15.4 Å². The second-order valence-corrected chi connectivity index (χ2v) is 7.90. The summed E-state index contributed by atoms with van der Waals surface area (Å²) in [6.45, 7) is 0. The van der Waals surface area contributed by atoms with Crippen LogP contribution in [0.3, 0.4) is 0 Å². The van der Waals surface area contributed by atoms with Crippen LogP contribution in [0.4, 0.5) is 30.6 Å². The summed E-state index contributed by atoms with van der Waals surface area (Å²) in [5.41, 5.74) is 2.02. The zero-order valence-corrected chi connectivity index (χ0v) is 17.7. The lowest BCUT2D eigenvalue weighted by atomic mass is 9.96. The van der Waals surface area contributed by atoms with Crippen molar-refractivity contribution in [2.75, 3.05) is 10.6 Å². The SMILES string of the molecule is FC(F)(F)Oc1ccc(Nc2cc(-c3ccncc3)nc(NC3CCCCC3)n2)cc1Cl. The van der Waals surface area contributed by atoms with Crippen molar-refractivity contribution in [3.8, 4) is 17.0 Å². The molecule has 6 nitrogen and oxygen atoms in total. The molecule has 0 radical (unpaired) electrons. The molecular weight excluding hydrogens is 443 g/mol. The van der Waals surface area contributed by atoms with E-state index in [1.807, 2.05) is 12.1 Å². The van der Waals surface area contributed by atoms with Crippen molar-refractivity contribution in [1.29, 1.82) is 0 Å². The predicted molar refractivity (Wildman–Crippen MR) is 117 cm³/mol. The maximum atomic E-state index is 12.5. The fraction of sp³-hybridized carbons (Fsp3) is 0.318. The molecule has 0 bridgehead atoms. The topological polar surface area (TPSA) is 72.0 Å². The molecule has 2 aromatic heterocycles. The van der Waals surface area contributed by atoms with Gasteiger partial charge >= 0.3 is 6.36 Å². The van der Waals surface area contributed by atoms with Crippen LogP contribution in [0.2, 0.25) is 5.02 Å². The number of alkyl halides is 3. The Balaban J connectivity index is 1.60. The summed E-state index contributed by atoms with van der Waals surface area (Å²) in [6, 6.07) is 9.70. The largest absolute Gasteiger partial charge is 0.573 e. The number of aromatic nitrogens is 3. The van der Waals surface area contributed by atoms with E-state index in [2.05, 4.69) is 30.3 Å². The molecule has 1 aromatic carbocycles. The number of ether oxygens (including phenoxy) is 1. The van der Waals surface area contributed by atoms with E-state index in [9.17, 15) is 13.2 Å². The molecule has 0 aliphatic heterocycles. The highest BCUT2D eigenvalue weighted by Crippen LogP contribution is 2.33. The lowest BCUT2D eigenvalue weighted by molar-refractivity contribution is -0.274. The molecular formula is C22H21ClF3N5O. The fourth-order valence-electron chi connectivity index (χ4n) is 3.61. The van der Waals surface area contributed by atoms with Gasteiger partial charge in [-0.15, -0.1) is 13.2 Å². The molecule has 0 amide bonds. The van der Waals surface area contributed by atoms with Gasteiger partial charge in [0.25, 0.3) is 0 Å². The van der Waals surface area contributed by atoms with E-state index in [4.69, 9.17) is 11.6 Å². The van der Waals surface area contributed by atoms with Gasteiger partial charge in [-0.1, -0.05) is 30.9 Å². The van der Waals surface area contributed by atoms with Crippen molar-refractivity contribution in [3.63, 3.8) is 0 Å². The van der Waals surface area contributed by atoms with Gasteiger partial charge in [-0.25, -0.2) is 4.98 Å². The number of hydrogen-bond acceptors (Lipinski definition) is 6. The minimum atomic E-state index is -4.82. The molecule has 2 N–H and O–H groups in total. The van der Waals surface area contributed by atoms with Crippen LogP contribution in [-0.4, -0.2) is 27.4 Å². The van der Waals surface area contributed by atoms with E-state index in [1.165, 1.54) is 18.6 Å². The number of halogens is 4. The molecule has 2 heterocycles. The molecule has 0 saturated heterocycles. The van der Waals surface area contributed by atoms with Gasteiger partial charge in [0.05, 0.1) is 10.7 Å². The van der Waals surface area contributed by atoms with Crippen molar-refractivity contribution in [1.82, 2.24) is 15.0 Å². The molecule has 1 fully saturated rings. The van der Waals surface area contributed by atoms with Gasteiger partial charge in [0, 0.05) is 35.8 Å². The summed E-state index contributed by atoms with van der Waals surface area (Å²) in [5, 5.41) is 6.34. The summed E-state index contributed by atoms with van der Waals surface area (Å²) in [4.78, 5) is 13.2. The van der Waals surface area contributed by atoms with Crippen LogP contribution in [0.15, 0.2) is 48.8 Å². The van der Waals surface area contributed by atoms with Gasteiger partial charge in [0.15, 0.2) is 0 Å². The van der Waals surface area contributed by atoms with E-state index in [1.54, 1.807) is 18.5 Å². The van der Waals surface area contributed by atoms with Gasteiger partial charge in [-0.05, 0) is 43.2 Å². The molecule has 0 unspecified atom stereocenters. The summed E-state index contributed by atoms with van der Waals surface area (Å²) >= 11 is 5.97. The van der Waals surface area contributed by atoms with E-state index in [-0.39, 0.29) is 5.02 Å². The fourth-order valence-corrected chi connectivity index (χ4v) is 3.83. The van der Waals surface area contributed by atoms with E-state index in [0.29, 0.717) is 29.2 Å². The first kappa shape index (κ1) is 22.1. The van der Waals surface area contributed by atoms with Crippen LogP contribution in [0, 0.1) is 0 Å². The standard InChI is InChI=1S/C22H21ClF3N5O/c23-17-12-16(6-7-19(17)32-22(24,25)26)28-20-13-18(14-8-10-27-11-9-14)30-21(31-20)29-15-4-2-1-3-5-15/h6-13,15H,1-5H2,(H2,28,29,30,31). The number of anilines is 3. The predicted octanol–water partition coefficient (Wildman–Crippen LogP) is 6.58. The van der Waals surface area contributed by atoms with Gasteiger partial charge in [0.1, 0.15) is 11.6 Å². The molecule has 1 aliphatic rings. The zero-order chi connectivity index (χ0) is 22.6. The van der Waals surface area contributed by atoms with E-state index in [0.717, 1.165) is 37.3 Å². The molecule has 1 saturated carbocycles. The molecule has 32 heavy (non-hydrogen) atoms. The van der Waals surface area contributed by atoms with Crippen molar-refractivity contribution >= 4 is 29.1 Å². The Morgan fingerprint density at radius 3 is 2.41 bits per heavy atom. The first-order valence-corrected chi connectivity index (χ1v) is 10.6. The number of nitrogens with one attached hydrogen (secondary N) is 2. The third-order valence-corrected chi connectivity index (χ3v) is 5.37. The highest BCUT2D eigenvalue weighted by molar-refractivity contribution is 6.32. The monoisotopic (exact) mass is 463 g/mol. The molecule has 0 spiro atoms. The summed E-state index contributed by atoms with van der Waals surface area (Å²) in [6.07, 6.45) is 4.22. The Morgan fingerprint density at radius 2 is 1.72 bits per heavy atom. The second kappa shape index (κ2) is 9.60. The molecule has 4 rings (SSSR count). The minimum Gasteiger partial charge on any atom is -0.404 e. The average Bonchev–Trinajstić information content (AvgIpc) is 2.76. The average molecular weight is 464 g/mol. The first-order valence-electron chi connectivity index (χ1n) is 10.2. The lowest BCUT2D eigenvalue weighted by Crippen LogP contribution is -2.23. The number of pyridine rings is 1. The zero-order valence-electron chi connectivity index (χ0n) is 17.0. The molecule has 1 aliphatic carbocycles. The van der Waals surface area contributed by atoms with Crippen molar-refractivity contribution in [2.24, 2.45) is 0 Å². The van der Waals surface area contributed by atoms with Gasteiger partial charge in [-0.3, -0.25) is 4.98 Å². The van der Waals surface area contributed by atoms with E-state index < -0.39 is 12.1 Å². The molecule has 168 valence electrons. The van der Waals surface area contributed by atoms with Crippen LogP contribution in [-0.2, 0) is 0 Å².